The maximum absolute atomic E-state index is 12.1. The second-order valence-corrected chi connectivity index (χ2v) is 3.74. The van der Waals surface area contributed by atoms with Crippen LogP contribution in [0.2, 0.25) is 0 Å². The molecule has 0 unspecified atom stereocenters. The molecule has 0 radical (unpaired) electrons. The van der Waals surface area contributed by atoms with Crippen LogP contribution in [0.1, 0.15) is 43.6 Å². The molecule has 0 bridgehead atoms. The second-order valence-electron chi connectivity index (χ2n) is 3.74. The molecule has 0 aliphatic rings. The minimum atomic E-state index is 0.0118. The number of rotatable bonds is 6. The lowest BCUT2D eigenvalue weighted by molar-refractivity contribution is 0.0747. The first-order chi connectivity index (χ1) is 7.79. The normalized spacial score (nSPS) is 10.1. The Morgan fingerprint density at radius 2 is 2.12 bits per heavy atom. The molecule has 1 rings (SSSR count). The van der Waals surface area contributed by atoms with Crippen molar-refractivity contribution in [3.8, 4) is 0 Å². The molecule has 4 nitrogen and oxygen atoms in total. The topological polar surface area (TPSA) is 46.1 Å². The predicted molar refractivity (Wildman–Crippen MR) is 63.1 cm³/mol. The second kappa shape index (κ2) is 6.93. The molecule has 0 fully saturated rings. The van der Waals surface area contributed by atoms with Gasteiger partial charge in [-0.25, -0.2) is 9.97 Å². The van der Waals surface area contributed by atoms with Gasteiger partial charge in [0.2, 0.25) is 0 Å². The van der Waals surface area contributed by atoms with E-state index in [1.54, 1.807) is 12.3 Å². The van der Waals surface area contributed by atoms with Crippen LogP contribution < -0.4 is 0 Å². The molecule has 0 saturated carbocycles. The van der Waals surface area contributed by atoms with Crippen molar-refractivity contribution in [2.45, 2.75) is 33.1 Å². The van der Waals surface area contributed by atoms with Gasteiger partial charge >= 0.3 is 0 Å². The third-order valence-corrected chi connectivity index (χ3v) is 2.36. The number of hydrogen-bond donors (Lipinski definition) is 0. The van der Waals surface area contributed by atoms with E-state index in [4.69, 9.17) is 0 Å². The van der Waals surface area contributed by atoms with Gasteiger partial charge in [0.15, 0.2) is 0 Å². The van der Waals surface area contributed by atoms with Gasteiger partial charge < -0.3 is 4.90 Å². The van der Waals surface area contributed by atoms with Gasteiger partial charge in [-0.3, -0.25) is 4.79 Å². The molecule has 4 heteroatoms. The molecule has 1 aromatic heterocycles. The minimum Gasteiger partial charge on any atom is -0.337 e. The predicted octanol–water partition coefficient (Wildman–Crippen LogP) is 2.13. The zero-order chi connectivity index (χ0) is 11.8. The van der Waals surface area contributed by atoms with E-state index in [1.165, 1.54) is 6.33 Å². The Labute approximate surface area is 96.7 Å². The van der Waals surface area contributed by atoms with Gasteiger partial charge in [0, 0.05) is 19.3 Å². The van der Waals surface area contributed by atoms with Gasteiger partial charge in [0.1, 0.15) is 12.0 Å². The molecule has 1 heterocycles. The summed E-state index contributed by atoms with van der Waals surface area (Å²) in [6.07, 6.45) is 6.12. The first kappa shape index (κ1) is 12.6. The van der Waals surface area contributed by atoms with Crippen LogP contribution in [0.15, 0.2) is 18.6 Å². The standard InChI is InChI=1S/C12H19N3O/c1-3-5-9-15(8-4-2)12(16)11-6-7-13-10-14-11/h6-7,10H,3-5,8-9H2,1-2H3. The number of hydrogen-bond acceptors (Lipinski definition) is 3. The molecular weight excluding hydrogens is 202 g/mol. The van der Waals surface area contributed by atoms with E-state index in [-0.39, 0.29) is 5.91 Å². The highest BCUT2D eigenvalue weighted by Crippen LogP contribution is 2.03. The zero-order valence-electron chi connectivity index (χ0n) is 10.0. The maximum Gasteiger partial charge on any atom is 0.272 e. The Hall–Kier alpha value is -1.45. The number of amides is 1. The molecule has 88 valence electrons. The molecule has 1 aromatic rings. The van der Waals surface area contributed by atoms with Gasteiger partial charge in [-0.05, 0) is 18.9 Å². The fourth-order valence-electron chi connectivity index (χ4n) is 1.51. The van der Waals surface area contributed by atoms with Gasteiger partial charge in [0.05, 0.1) is 0 Å². The fourth-order valence-corrected chi connectivity index (χ4v) is 1.51. The summed E-state index contributed by atoms with van der Waals surface area (Å²) in [5.41, 5.74) is 0.486. The number of aromatic nitrogens is 2. The summed E-state index contributed by atoms with van der Waals surface area (Å²) in [5.74, 6) is 0.0118. The molecule has 0 aliphatic heterocycles. The van der Waals surface area contributed by atoms with Crippen molar-refractivity contribution in [3.05, 3.63) is 24.3 Å². The van der Waals surface area contributed by atoms with Crippen molar-refractivity contribution in [2.24, 2.45) is 0 Å². The van der Waals surface area contributed by atoms with E-state index in [0.29, 0.717) is 5.69 Å². The van der Waals surface area contributed by atoms with Crippen molar-refractivity contribution in [1.82, 2.24) is 14.9 Å². The monoisotopic (exact) mass is 221 g/mol. The summed E-state index contributed by atoms with van der Waals surface area (Å²) < 4.78 is 0. The van der Waals surface area contributed by atoms with Crippen molar-refractivity contribution in [1.29, 1.82) is 0 Å². The molecule has 1 amide bonds. The summed E-state index contributed by atoms with van der Waals surface area (Å²) in [6, 6.07) is 1.66. The lowest BCUT2D eigenvalue weighted by atomic mass is 10.2. The summed E-state index contributed by atoms with van der Waals surface area (Å²) in [5, 5.41) is 0. The third-order valence-electron chi connectivity index (χ3n) is 2.36. The molecule has 0 spiro atoms. The van der Waals surface area contributed by atoms with E-state index < -0.39 is 0 Å². The summed E-state index contributed by atoms with van der Waals surface area (Å²) in [7, 11) is 0. The largest absolute Gasteiger partial charge is 0.337 e. The van der Waals surface area contributed by atoms with Crippen LogP contribution in [0.5, 0.6) is 0 Å². The highest BCUT2D eigenvalue weighted by Gasteiger charge is 2.14. The van der Waals surface area contributed by atoms with Crippen molar-refractivity contribution >= 4 is 5.91 Å². The van der Waals surface area contributed by atoms with E-state index >= 15 is 0 Å². The highest BCUT2D eigenvalue weighted by molar-refractivity contribution is 5.92. The van der Waals surface area contributed by atoms with E-state index in [0.717, 1.165) is 32.4 Å². The van der Waals surface area contributed by atoms with E-state index in [2.05, 4.69) is 23.8 Å². The number of nitrogens with zero attached hydrogens (tertiary/aromatic N) is 3. The zero-order valence-corrected chi connectivity index (χ0v) is 10.0. The van der Waals surface area contributed by atoms with E-state index in [9.17, 15) is 4.79 Å². The van der Waals surface area contributed by atoms with Gasteiger partial charge in [-0.2, -0.15) is 0 Å². The first-order valence-electron chi connectivity index (χ1n) is 5.84. The summed E-state index contributed by atoms with van der Waals surface area (Å²) >= 11 is 0. The average molecular weight is 221 g/mol. The number of carbonyl (C=O) groups excluding carboxylic acids is 1. The Balaban J connectivity index is 2.67. The Morgan fingerprint density at radius 3 is 2.69 bits per heavy atom. The van der Waals surface area contributed by atoms with Gasteiger partial charge in [-0.15, -0.1) is 0 Å². The summed E-state index contributed by atoms with van der Waals surface area (Å²) in [4.78, 5) is 21.7. The van der Waals surface area contributed by atoms with Crippen LogP contribution >= 0.6 is 0 Å². The van der Waals surface area contributed by atoms with Gasteiger partial charge in [-0.1, -0.05) is 20.3 Å². The lowest BCUT2D eigenvalue weighted by Gasteiger charge is -2.21. The van der Waals surface area contributed by atoms with Crippen LogP contribution in [0.3, 0.4) is 0 Å². The minimum absolute atomic E-state index is 0.0118. The van der Waals surface area contributed by atoms with Crippen LogP contribution in [0.25, 0.3) is 0 Å². The molecule has 0 aliphatic carbocycles. The van der Waals surface area contributed by atoms with Crippen LogP contribution in [0, 0.1) is 0 Å². The molecule has 0 atom stereocenters. The number of unbranched alkanes of at least 4 members (excludes halogenated alkanes) is 1. The number of carbonyl (C=O) groups is 1. The third kappa shape index (κ3) is 3.61. The Kier molecular flexibility index (Phi) is 5.46. The molecule has 0 aromatic carbocycles. The quantitative estimate of drug-likeness (QED) is 0.739. The Morgan fingerprint density at radius 1 is 1.31 bits per heavy atom. The smallest absolute Gasteiger partial charge is 0.272 e. The Bertz CT molecular complexity index is 313. The van der Waals surface area contributed by atoms with Crippen molar-refractivity contribution in [3.63, 3.8) is 0 Å². The first-order valence-corrected chi connectivity index (χ1v) is 5.84. The average Bonchev–Trinajstić information content (AvgIpc) is 2.35. The SMILES string of the molecule is CCCCN(CCC)C(=O)c1ccncn1. The highest BCUT2D eigenvalue weighted by atomic mass is 16.2. The van der Waals surface area contributed by atoms with Gasteiger partial charge in [0.25, 0.3) is 5.91 Å². The van der Waals surface area contributed by atoms with Crippen molar-refractivity contribution < 1.29 is 4.79 Å². The fraction of sp³-hybridized carbons (Fsp3) is 0.583. The maximum atomic E-state index is 12.1. The van der Waals surface area contributed by atoms with E-state index in [1.807, 2.05) is 4.90 Å². The van der Waals surface area contributed by atoms with Crippen molar-refractivity contribution in [2.75, 3.05) is 13.1 Å². The molecule has 16 heavy (non-hydrogen) atoms. The lowest BCUT2D eigenvalue weighted by Crippen LogP contribution is -2.33. The summed E-state index contributed by atoms with van der Waals surface area (Å²) in [6.45, 7) is 5.81. The van der Waals surface area contributed by atoms with Crippen LogP contribution in [-0.4, -0.2) is 33.9 Å². The molecule has 0 saturated heterocycles. The molecule has 0 N–H and O–H groups in total. The van der Waals surface area contributed by atoms with Crippen LogP contribution in [0.4, 0.5) is 0 Å². The molecular formula is C12H19N3O. The van der Waals surface area contributed by atoms with Crippen LogP contribution in [-0.2, 0) is 0 Å².